The molecule has 0 radical (unpaired) electrons. The lowest BCUT2D eigenvalue weighted by Crippen LogP contribution is -2.42. The molecule has 1 aliphatic carbocycles. The molecule has 2 aromatic rings. The van der Waals surface area contributed by atoms with Gasteiger partial charge in [-0.05, 0) is 25.0 Å². The van der Waals surface area contributed by atoms with Gasteiger partial charge in [0, 0.05) is 42.9 Å². The fourth-order valence-corrected chi connectivity index (χ4v) is 3.89. The quantitative estimate of drug-likeness (QED) is 0.409. The Kier molecular flexibility index (Phi) is 6.62. The number of hydrogen-bond acceptors (Lipinski definition) is 6. The van der Waals surface area contributed by atoms with Crippen molar-refractivity contribution in [2.45, 2.75) is 38.0 Å². The molecule has 0 saturated heterocycles. The fourth-order valence-electron chi connectivity index (χ4n) is 3.89. The molecule has 0 aromatic carbocycles. The van der Waals surface area contributed by atoms with Crippen molar-refractivity contribution in [3.63, 3.8) is 0 Å². The number of aromatic amines is 2. The van der Waals surface area contributed by atoms with Crippen LogP contribution in [0.25, 0.3) is 0 Å². The summed E-state index contributed by atoms with van der Waals surface area (Å²) in [7, 11) is 0. The number of H-pyrrole nitrogens is 2. The summed E-state index contributed by atoms with van der Waals surface area (Å²) in [4.78, 5) is 49.5. The second-order valence-corrected chi connectivity index (χ2v) is 7.22. The Labute approximate surface area is 171 Å². The molecule has 3 heterocycles. The zero-order chi connectivity index (χ0) is 21.7. The molecular formula is C19H23N5O6. The summed E-state index contributed by atoms with van der Waals surface area (Å²) in [5.74, 6) is -0.918. The van der Waals surface area contributed by atoms with Crippen LogP contribution in [0, 0.1) is 5.92 Å². The van der Waals surface area contributed by atoms with Gasteiger partial charge >= 0.3 is 0 Å². The molecule has 2 aromatic heterocycles. The molecule has 160 valence electrons. The van der Waals surface area contributed by atoms with Crippen molar-refractivity contribution in [2.24, 2.45) is 5.92 Å². The Hall–Kier alpha value is -3.47. The van der Waals surface area contributed by atoms with Crippen LogP contribution in [-0.2, 0) is 22.6 Å². The van der Waals surface area contributed by atoms with Gasteiger partial charge in [-0.1, -0.05) is 0 Å². The first-order valence-electron chi connectivity index (χ1n) is 9.49. The van der Waals surface area contributed by atoms with E-state index in [2.05, 4.69) is 20.5 Å². The van der Waals surface area contributed by atoms with Crippen LogP contribution >= 0.6 is 0 Å². The van der Waals surface area contributed by atoms with E-state index in [1.165, 1.54) is 12.3 Å². The minimum atomic E-state index is -0.819. The summed E-state index contributed by atoms with van der Waals surface area (Å²) < 4.78 is 0. The average Bonchev–Trinajstić information content (AvgIpc) is 3.34. The maximum atomic E-state index is 12.8. The SMILES string of the molecule is O=C(N[C@@H]1C[C@H](C(=O)N2CCc3[nH]ncc3C2)C[C@H]1O)c1ccc[nH]c1=O.O=CO. The number of carbonyl (C=O) groups is 3. The van der Waals surface area contributed by atoms with Crippen LogP contribution in [0.5, 0.6) is 0 Å². The molecule has 0 spiro atoms. The summed E-state index contributed by atoms with van der Waals surface area (Å²) >= 11 is 0. The third kappa shape index (κ3) is 4.57. The number of fused-ring (bicyclic) bond motifs is 1. The third-order valence-electron chi connectivity index (χ3n) is 5.37. The number of carbonyl (C=O) groups excluding carboxylic acids is 2. The summed E-state index contributed by atoms with van der Waals surface area (Å²) in [6.07, 6.45) is 3.74. The zero-order valence-corrected chi connectivity index (χ0v) is 16.1. The van der Waals surface area contributed by atoms with Gasteiger partial charge in [0.25, 0.3) is 17.9 Å². The number of nitrogens with zero attached hydrogens (tertiary/aromatic N) is 2. The van der Waals surface area contributed by atoms with Crippen LogP contribution in [0.15, 0.2) is 29.3 Å². The number of carboxylic acid groups (broad SMARTS) is 1. The van der Waals surface area contributed by atoms with E-state index in [0.717, 1.165) is 17.7 Å². The van der Waals surface area contributed by atoms with Crippen molar-refractivity contribution in [3.05, 3.63) is 51.7 Å². The third-order valence-corrected chi connectivity index (χ3v) is 5.37. The van der Waals surface area contributed by atoms with Gasteiger partial charge in [0.1, 0.15) is 5.56 Å². The first-order valence-corrected chi connectivity index (χ1v) is 9.49. The van der Waals surface area contributed by atoms with Crippen LogP contribution in [0.1, 0.15) is 34.5 Å². The molecule has 4 rings (SSSR count). The highest BCUT2D eigenvalue weighted by Gasteiger charge is 2.40. The standard InChI is InChI=1S/C18H21N5O4.CH2O2/c24-15-7-10(18(27)23-5-3-13-11(9-23)8-20-22-13)6-14(15)21-17(26)12-2-1-4-19-16(12)25;2-1-3/h1-2,4,8,10,14-15,24H,3,5-7,9H2,(H,19,25)(H,20,22)(H,21,26);1H,(H,2,3)/t10-,14+,15+;/m0./s1. The minimum absolute atomic E-state index is 0.0111. The highest BCUT2D eigenvalue weighted by Crippen LogP contribution is 2.29. The molecule has 1 fully saturated rings. The van der Waals surface area contributed by atoms with Gasteiger partial charge in [0.15, 0.2) is 0 Å². The molecule has 11 nitrogen and oxygen atoms in total. The average molecular weight is 417 g/mol. The number of amides is 2. The van der Waals surface area contributed by atoms with Gasteiger partial charge in [-0.2, -0.15) is 5.10 Å². The van der Waals surface area contributed by atoms with Gasteiger partial charge < -0.3 is 25.4 Å². The molecule has 1 aliphatic heterocycles. The summed E-state index contributed by atoms with van der Waals surface area (Å²) in [5.41, 5.74) is 1.58. The van der Waals surface area contributed by atoms with E-state index in [-0.39, 0.29) is 23.9 Å². The summed E-state index contributed by atoms with van der Waals surface area (Å²) in [6.45, 7) is 0.866. The van der Waals surface area contributed by atoms with Crippen LogP contribution < -0.4 is 10.9 Å². The van der Waals surface area contributed by atoms with Crippen molar-refractivity contribution < 1.29 is 24.6 Å². The molecule has 1 saturated carbocycles. The Morgan fingerprint density at radius 2 is 2.10 bits per heavy atom. The van der Waals surface area contributed by atoms with Crippen LogP contribution in [0.2, 0.25) is 0 Å². The number of rotatable bonds is 3. The second kappa shape index (κ2) is 9.35. The van der Waals surface area contributed by atoms with E-state index in [1.807, 2.05) is 0 Å². The maximum absolute atomic E-state index is 12.8. The topological polar surface area (TPSA) is 168 Å². The van der Waals surface area contributed by atoms with Crippen molar-refractivity contribution in [1.82, 2.24) is 25.4 Å². The van der Waals surface area contributed by atoms with E-state index in [4.69, 9.17) is 9.90 Å². The lowest BCUT2D eigenvalue weighted by Gasteiger charge is -2.29. The van der Waals surface area contributed by atoms with E-state index < -0.39 is 23.6 Å². The van der Waals surface area contributed by atoms with E-state index in [0.29, 0.717) is 25.9 Å². The molecule has 2 amide bonds. The van der Waals surface area contributed by atoms with Crippen LogP contribution in [0.4, 0.5) is 0 Å². The van der Waals surface area contributed by atoms with Crippen LogP contribution in [-0.4, -0.2) is 67.3 Å². The van der Waals surface area contributed by atoms with E-state index in [1.54, 1.807) is 17.2 Å². The molecule has 0 unspecified atom stereocenters. The predicted molar refractivity (Wildman–Crippen MR) is 103 cm³/mol. The van der Waals surface area contributed by atoms with Crippen LogP contribution in [0.3, 0.4) is 0 Å². The maximum Gasteiger partial charge on any atom is 0.290 e. The van der Waals surface area contributed by atoms with Gasteiger partial charge in [0.05, 0.1) is 18.3 Å². The van der Waals surface area contributed by atoms with Crippen molar-refractivity contribution in [1.29, 1.82) is 0 Å². The smallest absolute Gasteiger partial charge is 0.290 e. The lowest BCUT2D eigenvalue weighted by atomic mass is 10.0. The number of aliphatic hydroxyl groups is 1. The van der Waals surface area contributed by atoms with Crippen molar-refractivity contribution in [3.8, 4) is 0 Å². The van der Waals surface area contributed by atoms with Gasteiger partial charge in [-0.3, -0.25) is 24.3 Å². The first kappa shape index (κ1) is 21.2. The number of pyridine rings is 1. The fraction of sp³-hybridized carbons (Fsp3) is 0.421. The van der Waals surface area contributed by atoms with E-state index in [9.17, 15) is 19.5 Å². The summed E-state index contributed by atoms with van der Waals surface area (Å²) in [5, 5.41) is 26.8. The molecule has 3 atom stereocenters. The Balaban J connectivity index is 0.000000806. The predicted octanol–water partition coefficient (Wildman–Crippen LogP) is -0.747. The van der Waals surface area contributed by atoms with Gasteiger partial charge in [-0.15, -0.1) is 0 Å². The molecule has 30 heavy (non-hydrogen) atoms. The Morgan fingerprint density at radius 3 is 2.83 bits per heavy atom. The van der Waals surface area contributed by atoms with E-state index >= 15 is 0 Å². The molecule has 2 aliphatic rings. The Morgan fingerprint density at radius 1 is 1.33 bits per heavy atom. The summed E-state index contributed by atoms with van der Waals surface area (Å²) in [6, 6.07) is 2.43. The molecular weight excluding hydrogens is 394 g/mol. The lowest BCUT2D eigenvalue weighted by molar-refractivity contribution is -0.136. The largest absolute Gasteiger partial charge is 0.483 e. The second-order valence-electron chi connectivity index (χ2n) is 7.22. The normalized spacial score (nSPS) is 22.4. The number of hydrogen-bond donors (Lipinski definition) is 5. The molecule has 0 bridgehead atoms. The number of aliphatic hydroxyl groups excluding tert-OH is 1. The monoisotopic (exact) mass is 417 g/mol. The van der Waals surface area contributed by atoms with Gasteiger partial charge in [-0.25, -0.2) is 0 Å². The highest BCUT2D eigenvalue weighted by atomic mass is 16.3. The van der Waals surface area contributed by atoms with Crippen molar-refractivity contribution in [2.75, 3.05) is 6.54 Å². The zero-order valence-electron chi connectivity index (χ0n) is 16.1. The molecule has 5 N–H and O–H groups in total. The van der Waals surface area contributed by atoms with Crippen molar-refractivity contribution >= 4 is 18.3 Å². The Bertz CT molecular complexity index is 970. The minimum Gasteiger partial charge on any atom is -0.483 e. The first-order chi connectivity index (χ1) is 14.4. The number of nitrogens with one attached hydrogen (secondary N) is 3. The highest BCUT2D eigenvalue weighted by molar-refractivity contribution is 5.94. The van der Waals surface area contributed by atoms with Gasteiger partial charge in [0.2, 0.25) is 5.91 Å². The number of aromatic nitrogens is 3. The molecule has 11 heteroatoms.